The monoisotopic (exact) mass is 278 g/mol. The molecule has 4 aliphatic carbocycles. The summed E-state index contributed by atoms with van der Waals surface area (Å²) in [4.78, 5) is 0. The van der Waals surface area contributed by atoms with Gasteiger partial charge in [-0.1, -0.05) is 6.92 Å². The Hall–Kier alpha value is -0.0800. The largest absolute Gasteiger partial charge is 0.317 e. The average Bonchev–Trinajstić information content (AvgIpc) is 2.40. The SMILES string of the molecule is CCCNCCCNCCC12CC3CC(CC(C3)C1)C2. The molecule has 2 N–H and O–H groups in total. The van der Waals surface area contributed by atoms with Crippen LogP contribution in [0.15, 0.2) is 0 Å². The predicted molar refractivity (Wildman–Crippen MR) is 85.9 cm³/mol. The highest BCUT2D eigenvalue weighted by Gasteiger charge is 2.50. The van der Waals surface area contributed by atoms with Gasteiger partial charge < -0.3 is 10.6 Å². The molecule has 4 bridgehead atoms. The van der Waals surface area contributed by atoms with E-state index in [1.807, 2.05) is 0 Å². The Morgan fingerprint density at radius 1 is 0.800 bits per heavy atom. The standard InChI is InChI=1S/C18H34N2/c1-2-5-19-6-3-7-20-8-4-18-12-15-9-16(13-18)11-17(10-15)14-18/h15-17,19-20H,2-14H2,1H3. The van der Waals surface area contributed by atoms with E-state index in [9.17, 15) is 0 Å². The first kappa shape index (κ1) is 14.8. The van der Waals surface area contributed by atoms with Gasteiger partial charge in [-0.05, 0) is 107 Å². The van der Waals surface area contributed by atoms with Crippen molar-refractivity contribution in [2.75, 3.05) is 26.2 Å². The average molecular weight is 278 g/mol. The van der Waals surface area contributed by atoms with E-state index in [1.165, 1.54) is 45.4 Å². The number of hydrogen-bond donors (Lipinski definition) is 2. The summed E-state index contributed by atoms with van der Waals surface area (Å²) in [5.41, 5.74) is 0.766. The van der Waals surface area contributed by atoms with E-state index in [1.54, 1.807) is 38.5 Å². The molecule has 0 atom stereocenters. The maximum absolute atomic E-state index is 3.70. The molecule has 2 nitrogen and oxygen atoms in total. The van der Waals surface area contributed by atoms with Gasteiger partial charge in [0.25, 0.3) is 0 Å². The number of hydrogen-bond acceptors (Lipinski definition) is 2. The lowest BCUT2D eigenvalue weighted by Crippen LogP contribution is -2.47. The predicted octanol–water partition coefficient (Wildman–Crippen LogP) is 3.57. The first-order chi connectivity index (χ1) is 9.80. The van der Waals surface area contributed by atoms with Gasteiger partial charge in [0.1, 0.15) is 0 Å². The van der Waals surface area contributed by atoms with Crippen molar-refractivity contribution < 1.29 is 0 Å². The van der Waals surface area contributed by atoms with Crippen molar-refractivity contribution >= 4 is 0 Å². The molecule has 0 spiro atoms. The minimum absolute atomic E-state index is 0.766. The zero-order valence-corrected chi connectivity index (χ0v) is 13.4. The number of rotatable bonds is 9. The summed E-state index contributed by atoms with van der Waals surface area (Å²) in [5.74, 6) is 3.33. The van der Waals surface area contributed by atoms with E-state index in [4.69, 9.17) is 0 Å². The molecular weight excluding hydrogens is 244 g/mol. The summed E-state index contributed by atoms with van der Waals surface area (Å²) in [6.45, 7) is 7.05. The van der Waals surface area contributed by atoms with Crippen molar-refractivity contribution in [2.45, 2.75) is 64.7 Å². The summed E-state index contributed by atoms with van der Waals surface area (Å²) in [6, 6.07) is 0. The molecule has 20 heavy (non-hydrogen) atoms. The van der Waals surface area contributed by atoms with Crippen molar-refractivity contribution in [3.63, 3.8) is 0 Å². The second-order valence-electron chi connectivity index (χ2n) is 8.02. The van der Waals surface area contributed by atoms with E-state index in [0.717, 1.165) is 23.2 Å². The van der Waals surface area contributed by atoms with Crippen LogP contribution in [0.5, 0.6) is 0 Å². The zero-order valence-electron chi connectivity index (χ0n) is 13.4. The highest BCUT2D eigenvalue weighted by atomic mass is 14.9. The van der Waals surface area contributed by atoms with Crippen LogP contribution in [0.25, 0.3) is 0 Å². The van der Waals surface area contributed by atoms with Gasteiger partial charge in [0, 0.05) is 0 Å². The summed E-state index contributed by atoms with van der Waals surface area (Å²) in [6.07, 6.45) is 13.4. The van der Waals surface area contributed by atoms with Crippen LogP contribution in [0.2, 0.25) is 0 Å². The lowest BCUT2D eigenvalue weighted by Gasteiger charge is -2.57. The highest BCUT2D eigenvalue weighted by Crippen LogP contribution is 2.61. The van der Waals surface area contributed by atoms with Gasteiger partial charge >= 0.3 is 0 Å². The van der Waals surface area contributed by atoms with E-state index >= 15 is 0 Å². The molecule has 2 heteroatoms. The van der Waals surface area contributed by atoms with Gasteiger partial charge in [-0.2, -0.15) is 0 Å². The summed E-state index contributed by atoms with van der Waals surface area (Å²) in [5, 5.41) is 7.18. The van der Waals surface area contributed by atoms with Crippen LogP contribution in [-0.4, -0.2) is 26.2 Å². The number of nitrogens with one attached hydrogen (secondary N) is 2. The fourth-order valence-corrected chi connectivity index (χ4v) is 5.71. The smallest absolute Gasteiger partial charge is 0.00368 e. The Kier molecular flexibility index (Phi) is 5.04. The first-order valence-corrected chi connectivity index (χ1v) is 9.21. The first-order valence-electron chi connectivity index (χ1n) is 9.21. The molecule has 0 aromatic rings. The topological polar surface area (TPSA) is 24.1 Å². The normalized spacial score (nSPS) is 38.5. The van der Waals surface area contributed by atoms with Gasteiger partial charge in [0.05, 0.1) is 0 Å². The maximum Gasteiger partial charge on any atom is -0.00368 e. The molecule has 4 fully saturated rings. The fraction of sp³-hybridized carbons (Fsp3) is 1.00. The lowest BCUT2D eigenvalue weighted by molar-refractivity contribution is -0.0567. The van der Waals surface area contributed by atoms with Gasteiger partial charge in [-0.15, -0.1) is 0 Å². The quantitative estimate of drug-likeness (QED) is 0.630. The third-order valence-electron chi connectivity index (χ3n) is 6.13. The molecule has 0 heterocycles. The van der Waals surface area contributed by atoms with E-state index < -0.39 is 0 Å². The Bertz CT molecular complexity index is 265. The minimum atomic E-state index is 0.766. The molecule has 0 aromatic carbocycles. The summed E-state index contributed by atoms with van der Waals surface area (Å²) >= 11 is 0. The second-order valence-corrected chi connectivity index (χ2v) is 8.02. The van der Waals surface area contributed by atoms with Crippen LogP contribution in [-0.2, 0) is 0 Å². The molecule has 4 aliphatic rings. The van der Waals surface area contributed by atoms with E-state index in [0.29, 0.717) is 0 Å². The van der Waals surface area contributed by atoms with Gasteiger partial charge in [-0.3, -0.25) is 0 Å². The maximum atomic E-state index is 3.70. The van der Waals surface area contributed by atoms with Crippen molar-refractivity contribution in [3.05, 3.63) is 0 Å². The highest BCUT2D eigenvalue weighted by molar-refractivity contribution is 5.01. The second kappa shape index (κ2) is 6.79. The van der Waals surface area contributed by atoms with Crippen molar-refractivity contribution in [2.24, 2.45) is 23.2 Å². The third kappa shape index (κ3) is 3.57. The molecule has 4 rings (SSSR count). The molecular formula is C18H34N2. The fourth-order valence-electron chi connectivity index (χ4n) is 5.71. The molecule has 0 aliphatic heterocycles. The van der Waals surface area contributed by atoms with Crippen LogP contribution >= 0.6 is 0 Å². The van der Waals surface area contributed by atoms with Crippen LogP contribution in [0.3, 0.4) is 0 Å². The molecule has 116 valence electrons. The molecule has 0 radical (unpaired) electrons. The Labute approximate surface area is 125 Å². The molecule has 0 saturated heterocycles. The molecule has 0 aromatic heterocycles. The van der Waals surface area contributed by atoms with Crippen LogP contribution in [0.1, 0.15) is 64.7 Å². The minimum Gasteiger partial charge on any atom is -0.317 e. The van der Waals surface area contributed by atoms with Crippen molar-refractivity contribution in [1.29, 1.82) is 0 Å². The molecule has 4 saturated carbocycles. The summed E-state index contributed by atoms with van der Waals surface area (Å²) < 4.78 is 0. The zero-order chi connectivity index (χ0) is 13.8. The van der Waals surface area contributed by atoms with Crippen LogP contribution in [0, 0.1) is 23.2 Å². The van der Waals surface area contributed by atoms with Crippen molar-refractivity contribution in [1.82, 2.24) is 10.6 Å². The molecule has 0 amide bonds. The summed E-state index contributed by atoms with van der Waals surface area (Å²) in [7, 11) is 0. The van der Waals surface area contributed by atoms with Gasteiger partial charge in [0.2, 0.25) is 0 Å². The van der Waals surface area contributed by atoms with Gasteiger partial charge in [0.15, 0.2) is 0 Å². The Balaban J connectivity index is 1.31. The molecule has 0 unspecified atom stereocenters. The van der Waals surface area contributed by atoms with Gasteiger partial charge in [-0.25, -0.2) is 0 Å². The van der Waals surface area contributed by atoms with Crippen LogP contribution in [0.4, 0.5) is 0 Å². The van der Waals surface area contributed by atoms with Crippen LogP contribution < -0.4 is 10.6 Å². The lowest BCUT2D eigenvalue weighted by atomic mass is 9.49. The Morgan fingerprint density at radius 3 is 1.90 bits per heavy atom. The Morgan fingerprint density at radius 2 is 1.35 bits per heavy atom. The third-order valence-corrected chi connectivity index (χ3v) is 6.13. The van der Waals surface area contributed by atoms with Crippen molar-refractivity contribution in [3.8, 4) is 0 Å². The van der Waals surface area contributed by atoms with E-state index in [2.05, 4.69) is 17.6 Å². The van der Waals surface area contributed by atoms with E-state index in [-0.39, 0.29) is 0 Å².